The maximum atomic E-state index is 12.7. The smallest absolute Gasteiger partial charge is 0.342 e. The number of hydrogen-bond acceptors (Lipinski definition) is 2. The van der Waals surface area contributed by atoms with E-state index in [1.165, 1.54) is 4.90 Å². The van der Waals surface area contributed by atoms with Gasteiger partial charge in [0.15, 0.2) is 0 Å². The number of nitrogens with one attached hydrogen (secondary N) is 1. The highest BCUT2D eigenvalue weighted by Gasteiger charge is 2.32. The van der Waals surface area contributed by atoms with Crippen molar-refractivity contribution in [3.05, 3.63) is 54.1 Å². The van der Waals surface area contributed by atoms with Crippen LogP contribution >= 0.6 is 0 Å². The zero-order valence-electron chi connectivity index (χ0n) is 16.8. The Morgan fingerprint density at radius 3 is 2.50 bits per heavy atom. The first-order valence-corrected chi connectivity index (χ1v) is 10.0. The summed E-state index contributed by atoms with van der Waals surface area (Å²) in [4.78, 5) is 26.2. The molecule has 1 aliphatic heterocycles. The molecular formula is C23H25F3N2O2. The Morgan fingerprint density at radius 1 is 1.10 bits per heavy atom. The number of alkyl halides is 3. The van der Waals surface area contributed by atoms with Crippen LogP contribution in [0.5, 0.6) is 0 Å². The standard InChI is InChI=1S/C23H25F3N2O2/c1-16-5-2-6-17(13-16)18-7-3-9-20(14-18)27-22(30)19-8-4-12-28(15-19)21(29)10-11-23(24,25)26/h2-3,5-7,9,13-14,19H,4,8,10-12,15H2,1H3,(H,27,30)/t19-/m1/s1. The van der Waals surface area contributed by atoms with Gasteiger partial charge in [0.2, 0.25) is 11.8 Å². The van der Waals surface area contributed by atoms with Gasteiger partial charge in [0.1, 0.15) is 0 Å². The first kappa shape index (κ1) is 21.9. The Labute approximate surface area is 174 Å². The van der Waals surface area contributed by atoms with Gasteiger partial charge in [0.25, 0.3) is 0 Å². The molecule has 2 aromatic rings. The van der Waals surface area contributed by atoms with E-state index in [1.54, 1.807) is 6.07 Å². The molecule has 1 heterocycles. The van der Waals surface area contributed by atoms with Crippen LogP contribution in [0.15, 0.2) is 48.5 Å². The summed E-state index contributed by atoms with van der Waals surface area (Å²) in [6.45, 7) is 2.56. The van der Waals surface area contributed by atoms with E-state index in [4.69, 9.17) is 0 Å². The molecule has 0 aliphatic carbocycles. The number of nitrogens with zero attached hydrogens (tertiary/aromatic N) is 1. The van der Waals surface area contributed by atoms with E-state index in [1.807, 2.05) is 43.3 Å². The molecule has 1 saturated heterocycles. The Hall–Kier alpha value is -2.83. The Kier molecular flexibility index (Phi) is 6.80. The number of hydrogen-bond donors (Lipinski definition) is 1. The van der Waals surface area contributed by atoms with Gasteiger partial charge in [-0.15, -0.1) is 0 Å². The van der Waals surface area contributed by atoms with Crippen molar-refractivity contribution in [1.82, 2.24) is 4.90 Å². The highest BCUT2D eigenvalue weighted by atomic mass is 19.4. The minimum Gasteiger partial charge on any atom is -0.342 e. The highest BCUT2D eigenvalue weighted by molar-refractivity contribution is 5.93. The van der Waals surface area contributed by atoms with Crippen LogP contribution in [-0.2, 0) is 9.59 Å². The number of amides is 2. The van der Waals surface area contributed by atoms with Crippen molar-refractivity contribution >= 4 is 17.5 Å². The second-order valence-corrected chi connectivity index (χ2v) is 7.73. The van der Waals surface area contributed by atoms with E-state index in [2.05, 4.69) is 11.4 Å². The average Bonchev–Trinajstić information content (AvgIpc) is 2.72. The summed E-state index contributed by atoms with van der Waals surface area (Å²) in [5.74, 6) is -1.20. The summed E-state index contributed by atoms with van der Waals surface area (Å²) in [6, 6.07) is 15.6. The van der Waals surface area contributed by atoms with Gasteiger partial charge in [-0.1, -0.05) is 42.0 Å². The summed E-state index contributed by atoms with van der Waals surface area (Å²) in [5.41, 5.74) is 3.81. The zero-order valence-corrected chi connectivity index (χ0v) is 16.8. The average molecular weight is 418 g/mol. The third-order valence-electron chi connectivity index (χ3n) is 5.25. The molecule has 7 heteroatoms. The Bertz CT molecular complexity index is 911. The fraction of sp³-hybridized carbons (Fsp3) is 0.391. The Morgan fingerprint density at radius 2 is 1.80 bits per heavy atom. The predicted molar refractivity (Wildman–Crippen MR) is 110 cm³/mol. The number of carbonyl (C=O) groups excluding carboxylic acids is 2. The molecule has 1 fully saturated rings. The van der Waals surface area contributed by atoms with E-state index in [0.717, 1.165) is 16.7 Å². The third kappa shape index (κ3) is 6.08. The van der Waals surface area contributed by atoms with Gasteiger partial charge in [-0.25, -0.2) is 0 Å². The molecule has 2 aromatic carbocycles. The number of rotatable bonds is 5. The van der Waals surface area contributed by atoms with E-state index in [-0.39, 0.29) is 12.5 Å². The molecule has 0 bridgehead atoms. The quantitative estimate of drug-likeness (QED) is 0.727. The summed E-state index contributed by atoms with van der Waals surface area (Å²) in [7, 11) is 0. The minimum absolute atomic E-state index is 0.153. The van der Waals surface area contributed by atoms with Gasteiger partial charge in [-0.05, 0) is 43.0 Å². The molecule has 160 valence electrons. The number of anilines is 1. The fourth-order valence-corrected chi connectivity index (χ4v) is 3.67. The summed E-state index contributed by atoms with van der Waals surface area (Å²) in [5, 5.41) is 2.90. The van der Waals surface area contributed by atoms with Crippen molar-refractivity contribution in [2.45, 2.75) is 38.8 Å². The molecule has 4 nitrogen and oxygen atoms in total. The number of benzene rings is 2. The van der Waals surface area contributed by atoms with Crippen molar-refractivity contribution in [3.63, 3.8) is 0 Å². The lowest BCUT2D eigenvalue weighted by molar-refractivity contribution is -0.150. The number of halogens is 3. The van der Waals surface area contributed by atoms with Crippen LogP contribution in [0.2, 0.25) is 0 Å². The number of carbonyl (C=O) groups is 2. The topological polar surface area (TPSA) is 49.4 Å². The lowest BCUT2D eigenvalue weighted by Crippen LogP contribution is -2.44. The first-order chi connectivity index (χ1) is 14.2. The molecule has 3 rings (SSSR count). The molecule has 1 N–H and O–H groups in total. The van der Waals surface area contributed by atoms with Crippen LogP contribution < -0.4 is 5.32 Å². The third-order valence-corrected chi connectivity index (χ3v) is 5.25. The van der Waals surface area contributed by atoms with Gasteiger partial charge >= 0.3 is 6.18 Å². The van der Waals surface area contributed by atoms with Crippen LogP contribution in [-0.4, -0.2) is 36.0 Å². The normalized spacial score (nSPS) is 16.9. The van der Waals surface area contributed by atoms with Crippen molar-refractivity contribution in [3.8, 4) is 11.1 Å². The summed E-state index contributed by atoms with van der Waals surface area (Å²) < 4.78 is 37.1. The SMILES string of the molecule is Cc1cccc(-c2cccc(NC(=O)[C@@H]3CCCN(C(=O)CCC(F)(F)F)C3)c2)c1. The molecule has 0 unspecified atom stereocenters. The van der Waals surface area contributed by atoms with Crippen LogP contribution in [0, 0.1) is 12.8 Å². The number of likely N-dealkylation sites (tertiary alicyclic amines) is 1. The number of aryl methyl sites for hydroxylation is 1. The van der Waals surface area contributed by atoms with Gasteiger partial charge < -0.3 is 10.2 Å². The molecule has 0 spiro atoms. The lowest BCUT2D eigenvalue weighted by atomic mass is 9.96. The highest BCUT2D eigenvalue weighted by Crippen LogP contribution is 2.26. The summed E-state index contributed by atoms with van der Waals surface area (Å²) >= 11 is 0. The molecule has 2 amide bonds. The van der Waals surface area contributed by atoms with Crippen LogP contribution in [0.1, 0.15) is 31.2 Å². The zero-order chi connectivity index (χ0) is 21.7. The van der Waals surface area contributed by atoms with E-state index < -0.39 is 30.8 Å². The maximum absolute atomic E-state index is 12.7. The van der Waals surface area contributed by atoms with Crippen molar-refractivity contribution < 1.29 is 22.8 Å². The fourth-order valence-electron chi connectivity index (χ4n) is 3.67. The van der Waals surface area contributed by atoms with E-state index in [0.29, 0.717) is 25.1 Å². The lowest BCUT2D eigenvalue weighted by Gasteiger charge is -2.32. The predicted octanol–water partition coefficient (Wildman–Crippen LogP) is 5.18. The maximum Gasteiger partial charge on any atom is 0.389 e. The van der Waals surface area contributed by atoms with Crippen molar-refractivity contribution in [2.24, 2.45) is 5.92 Å². The van der Waals surface area contributed by atoms with Crippen molar-refractivity contribution in [1.29, 1.82) is 0 Å². The van der Waals surface area contributed by atoms with Gasteiger partial charge in [-0.2, -0.15) is 13.2 Å². The van der Waals surface area contributed by atoms with Gasteiger partial charge in [0.05, 0.1) is 12.3 Å². The molecule has 0 saturated carbocycles. The molecule has 30 heavy (non-hydrogen) atoms. The molecular weight excluding hydrogens is 393 g/mol. The first-order valence-electron chi connectivity index (χ1n) is 10.0. The minimum atomic E-state index is -4.36. The van der Waals surface area contributed by atoms with E-state index >= 15 is 0 Å². The molecule has 0 aromatic heterocycles. The second-order valence-electron chi connectivity index (χ2n) is 7.73. The monoisotopic (exact) mass is 418 g/mol. The van der Waals surface area contributed by atoms with Crippen molar-refractivity contribution in [2.75, 3.05) is 18.4 Å². The van der Waals surface area contributed by atoms with Crippen LogP contribution in [0.3, 0.4) is 0 Å². The second kappa shape index (κ2) is 9.32. The number of piperidine rings is 1. The summed E-state index contributed by atoms with van der Waals surface area (Å²) in [6.07, 6.45) is -4.86. The largest absolute Gasteiger partial charge is 0.389 e. The van der Waals surface area contributed by atoms with Crippen LogP contribution in [0.25, 0.3) is 11.1 Å². The van der Waals surface area contributed by atoms with E-state index in [9.17, 15) is 22.8 Å². The van der Waals surface area contributed by atoms with Gasteiger partial charge in [0, 0.05) is 25.2 Å². The molecule has 1 aliphatic rings. The Balaban J connectivity index is 1.62. The van der Waals surface area contributed by atoms with Gasteiger partial charge in [-0.3, -0.25) is 9.59 Å². The van der Waals surface area contributed by atoms with Crippen LogP contribution in [0.4, 0.5) is 18.9 Å². The molecule has 0 radical (unpaired) electrons. The molecule has 1 atom stereocenters.